The van der Waals surface area contributed by atoms with Gasteiger partial charge >= 0.3 is 0 Å². The van der Waals surface area contributed by atoms with Crippen LogP contribution >= 0.6 is 15.9 Å². The minimum Gasteiger partial charge on any atom is -0.484 e. The Hall–Kier alpha value is -2.28. The SMILES string of the molecule is O=C(COc1cccc(Br)c1)NNC(=O)c1ccoc1. The van der Waals surface area contributed by atoms with E-state index in [1.54, 1.807) is 18.2 Å². The first-order chi connectivity index (χ1) is 9.65. The molecule has 0 saturated carbocycles. The Morgan fingerprint density at radius 2 is 2.10 bits per heavy atom. The zero-order valence-electron chi connectivity index (χ0n) is 10.3. The lowest BCUT2D eigenvalue weighted by Gasteiger charge is -2.08. The molecular weight excluding hydrogens is 328 g/mol. The molecule has 20 heavy (non-hydrogen) atoms. The summed E-state index contributed by atoms with van der Waals surface area (Å²) in [5, 5.41) is 0. The Bertz CT molecular complexity index is 598. The Balaban J connectivity index is 1.74. The molecule has 0 bridgehead atoms. The van der Waals surface area contributed by atoms with E-state index in [9.17, 15) is 9.59 Å². The molecule has 7 heteroatoms. The van der Waals surface area contributed by atoms with Crippen LogP contribution in [0.15, 0.2) is 51.7 Å². The van der Waals surface area contributed by atoms with Crippen LogP contribution in [-0.4, -0.2) is 18.4 Å². The number of carbonyl (C=O) groups is 2. The topological polar surface area (TPSA) is 80.6 Å². The van der Waals surface area contributed by atoms with Crippen molar-refractivity contribution in [3.63, 3.8) is 0 Å². The highest BCUT2D eigenvalue weighted by Gasteiger charge is 2.08. The predicted molar refractivity (Wildman–Crippen MR) is 74.0 cm³/mol. The number of furan rings is 1. The van der Waals surface area contributed by atoms with Crippen molar-refractivity contribution in [3.05, 3.63) is 52.9 Å². The molecule has 0 spiro atoms. The minimum absolute atomic E-state index is 0.206. The van der Waals surface area contributed by atoms with E-state index in [-0.39, 0.29) is 6.61 Å². The fourth-order valence-electron chi connectivity index (χ4n) is 1.33. The van der Waals surface area contributed by atoms with Crippen LogP contribution in [0.5, 0.6) is 5.75 Å². The van der Waals surface area contributed by atoms with Gasteiger partial charge in [-0.3, -0.25) is 20.4 Å². The number of hydrogen-bond donors (Lipinski definition) is 2. The fourth-order valence-corrected chi connectivity index (χ4v) is 1.71. The summed E-state index contributed by atoms with van der Waals surface area (Å²) in [6.45, 7) is -0.206. The number of carbonyl (C=O) groups excluding carboxylic acids is 2. The number of hydrogen-bond acceptors (Lipinski definition) is 4. The number of benzene rings is 1. The van der Waals surface area contributed by atoms with Crippen molar-refractivity contribution in [3.8, 4) is 5.75 Å². The van der Waals surface area contributed by atoms with E-state index in [2.05, 4.69) is 26.8 Å². The summed E-state index contributed by atoms with van der Waals surface area (Å²) in [5.74, 6) is -0.382. The quantitative estimate of drug-likeness (QED) is 0.834. The molecule has 2 amide bonds. The largest absolute Gasteiger partial charge is 0.484 e. The second kappa shape index (κ2) is 6.76. The van der Waals surface area contributed by atoms with Gasteiger partial charge in [0.05, 0.1) is 11.8 Å². The van der Waals surface area contributed by atoms with E-state index in [0.29, 0.717) is 11.3 Å². The molecule has 2 N–H and O–H groups in total. The second-order valence-corrected chi connectivity index (χ2v) is 4.68. The van der Waals surface area contributed by atoms with E-state index in [4.69, 9.17) is 9.15 Å². The van der Waals surface area contributed by atoms with Gasteiger partial charge in [0.15, 0.2) is 6.61 Å². The molecular formula is C13H11BrN2O4. The number of halogens is 1. The lowest BCUT2D eigenvalue weighted by molar-refractivity contribution is -0.123. The smallest absolute Gasteiger partial charge is 0.276 e. The first-order valence-electron chi connectivity index (χ1n) is 5.65. The Morgan fingerprint density at radius 1 is 1.25 bits per heavy atom. The number of ether oxygens (including phenoxy) is 1. The van der Waals surface area contributed by atoms with Crippen molar-refractivity contribution in [1.29, 1.82) is 0 Å². The highest BCUT2D eigenvalue weighted by Crippen LogP contribution is 2.17. The molecule has 0 atom stereocenters. The molecule has 1 aromatic heterocycles. The number of rotatable bonds is 4. The number of nitrogens with one attached hydrogen (secondary N) is 2. The van der Waals surface area contributed by atoms with Crippen LogP contribution in [0.1, 0.15) is 10.4 Å². The van der Waals surface area contributed by atoms with Gasteiger partial charge in [-0.15, -0.1) is 0 Å². The monoisotopic (exact) mass is 338 g/mol. The van der Waals surface area contributed by atoms with Gasteiger partial charge in [0, 0.05) is 4.47 Å². The van der Waals surface area contributed by atoms with Crippen molar-refractivity contribution >= 4 is 27.7 Å². The highest BCUT2D eigenvalue weighted by molar-refractivity contribution is 9.10. The Kier molecular flexibility index (Phi) is 4.78. The van der Waals surface area contributed by atoms with Gasteiger partial charge in [0.25, 0.3) is 11.8 Å². The average molecular weight is 339 g/mol. The molecule has 1 heterocycles. The van der Waals surface area contributed by atoms with Gasteiger partial charge in [-0.25, -0.2) is 0 Å². The van der Waals surface area contributed by atoms with Gasteiger partial charge in [-0.2, -0.15) is 0 Å². The van der Waals surface area contributed by atoms with Crippen LogP contribution in [0, 0.1) is 0 Å². The normalized spacial score (nSPS) is 9.85. The standard InChI is InChI=1S/C13H11BrN2O4/c14-10-2-1-3-11(6-10)20-8-12(17)15-16-13(18)9-4-5-19-7-9/h1-7H,8H2,(H,15,17)(H,16,18). The van der Waals surface area contributed by atoms with E-state index in [1.165, 1.54) is 18.6 Å². The van der Waals surface area contributed by atoms with E-state index < -0.39 is 11.8 Å². The van der Waals surface area contributed by atoms with Crippen molar-refractivity contribution in [1.82, 2.24) is 10.9 Å². The molecule has 1 aromatic carbocycles. The summed E-state index contributed by atoms with van der Waals surface area (Å²) in [5.41, 5.74) is 4.80. The molecule has 0 unspecified atom stereocenters. The summed E-state index contributed by atoms with van der Waals surface area (Å²) >= 11 is 3.29. The van der Waals surface area contributed by atoms with Gasteiger partial charge in [0.1, 0.15) is 12.0 Å². The molecule has 104 valence electrons. The molecule has 0 radical (unpaired) electrons. The second-order valence-electron chi connectivity index (χ2n) is 3.76. The van der Waals surface area contributed by atoms with Crippen LogP contribution in [0.25, 0.3) is 0 Å². The highest BCUT2D eigenvalue weighted by atomic mass is 79.9. The van der Waals surface area contributed by atoms with Crippen LogP contribution in [-0.2, 0) is 4.79 Å². The molecule has 0 aliphatic carbocycles. The first-order valence-corrected chi connectivity index (χ1v) is 6.44. The van der Waals surface area contributed by atoms with Crippen LogP contribution in [0.4, 0.5) is 0 Å². The van der Waals surface area contributed by atoms with Crippen LogP contribution < -0.4 is 15.6 Å². The lowest BCUT2D eigenvalue weighted by atomic mass is 10.3. The molecule has 0 saturated heterocycles. The third-order valence-electron chi connectivity index (χ3n) is 2.26. The zero-order valence-corrected chi connectivity index (χ0v) is 11.8. The van der Waals surface area contributed by atoms with Crippen LogP contribution in [0.2, 0.25) is 0 Å². The number of amides is 2. The Labute approximate surface area is 123 Å². The number of hydrazine groups is 1. The van der Waals surface area contributed by atoms with Gasteiger partial charge < -0.3 is 9.15 Å². The van der Waals surface area contributed by atoms with Gasteiger partial charge in [0.2, 0.25) is 0 Å². The first kappa shape index (κ1) is 14.1. The van der Waals surface area contributed by atoms with Crippen molar-refractivity contribution in [2.24, 2.45) is 0 Å². The molecule has 0 aliphatic rings. The third kappa shape index (κ3) is 4.13. The van der Waals surface area contributed by atoms with Crippen molar-refractivity contribution < 1.29 is 18.7 Å². The summed E-state index contributed by atoms with van der Waals surface area (Å²) in [4.78, 5) is 23.0. The maximum absolute atomic E-state index is 11.5. The summed E-state index contributed by atoms with van der Waals surface area (Å²) in [7, 11) is 0. The maximum Gasteiger partial charge on any atom is 0.276 e. The summed E-state index contributed by atoms with van der Waals surface area (Å²) in [6, 6.07) is 8.58. The minimum atomic E-state index is -0.471. The predicted octanol–water partition coefficient (Wildman–Crippen LogP) is 1.88. The fraction of sp³-hybridized carbons (Fsp3) is 0.0769. The molecule has 0 aliphatic heterocycles. The van der Waals surface area contributed by atoms with Crippen molar-refractivity contribution in [2.75, 3.05) is 6.61 Å². The summed E-state index contributed by atoms with van der Waals surface area (Å²) in [6.07, 6.45) is 2.65. The van der Waals surface area contributed by atoms with E-state index in [0.717, 1.165) is 4.47 Å². The lowest BCUT2D eigenvalue weighted by Crippen LogP contribution is -2.43. The molecule has 0 fully saturated rings. The van der Waals surface area contributed by atoms with E-state index >= 15 is 0 Å². The Morgan fingerprint density at radius 3 is 2.80 bits per heavy atom. The van der Waals surface area contributed by atoms with Crippen LogP contribution in [0.3, 0.4) is 0 Å². The molecule has 6 nitrogen and oxygen atoms in total. The third-order valence-corrected chi connectivity index (χ3v) is 2.76. The molecule has 2 rings (SSSR count). The van der Waals surface area contributed by atoms with Crippen molar-refractivity contribution in [2.45, 2.75) is 0 Å². The van der Waals surface area contributed by atoms with Gasteiger partial charge in [-0.1, -0.05) is 22.0 Å². The zero-order chi connectivity index (χ0) is 14.4. The molecule has 2 aromatic rings. The van der Waals surface area contributed by atoms with E-state index in [1.807, 2.05) is 6.07 Å². The van der Waals surface area contributed by atoms with Gasteiger partial charge in [-0.05, 0) is 24.3 Å². The average Bonchev–Trinajstić information content (AvgIpc) is 2.97. The maximum atomic E-state index is 11.5. The summed E-state index contributed by atoms with van der Waals surface area (Å²) < 4.78 is 10.9.